The van der Waals surface area contributed by atoms with Gasteiger partial charge in [-0.2, -0.15) is 0 Å². The highest BCUT2D eigenvalue weighted by atomic mass is 16.2. The Labute approximate surface area is 117 Å². The number of aliphatic hydroxyl groups is 1. The van der Waals surface area contributed by atoms with E-state index in [9.17, 15) is 4.79 Å². The fourth-order valence-electron chi connectivity index (χ4n) is 2.57. The van der Waals surface area contributed by atoms with Gasteiger partial charge in [-0.1, -0.05) is 32.1 Å². The van der Waals surface area contributed by atoms with Crippen LogP contribution in [-0.4, -0.2) is 36.2 Å². The minimum absolute atomic E-state index is 0.0974. The molecule has 1 aliphatic carbocycles. The van der Waals surface area contributed by atoms with Gasteiger partial charge in [0.25, 0.3) is 0 Å². The summed E-state index contributed by atoms with van der Waals surface area (Å²) in [5.74, 6) is 0.141. The molecule has 1 rings (SSSR count). The van der Waals surface area contributed by atoms with E-state index in [-0.39, 0.29) is 18.6 Å². The molecule has 1 aliphatic rings. The maximum Gasteiger partial charge on any atom is 0.237 e. The average Bonchev–Trinajstić information content (AvgIpc) is 2.43. The van der Waals surface area contributed by atoms with E-state index < -0.39 is 0 Å². The van der Waals surface area contributed by atoms with Crippen molar-refractivity contribution in [2.24, 2.45) is 0 Å². The Morgan fingerprint density at radius 1 is 1.16 bits per heavy atom. The zero-order valence-corrected chi connectivity index (χ0v) is 12.3. The molecule has 0 aromatic rings. The van der Waals surface area contributed by atoms with Crippen molar-refractivity contribution < 1.29 is 9.90 Å². The van der Waals surface area contributed by atoms with E-state index in [4.69, 9.17) is 5.11 Å². The lowest BCUT2D eigenvalue weighted by molar-refractivity contribution is -0.123. The SMILES string of the molecule is CC(NCCCCCCO)C(=O)NC1CCCCC1. The summed E-state index contributed by atoms with van der Waals surface area (Å²) in [6.07, 6.45) is 10.2. The second-order valence-corrected chi connectivity index (χ2v) is 5.66. The van der Waals surface area contributed by atoms with Crippen LogP contribution in [0.1, 0.15) is 64.7 Å². The first-order chi connectivity index (χ1) is 9.24. The van der Waals surface area contributed by atoms with Crippen molar-refractivity contribution in [3.63, 3.8) is 0 Å². The fourth-order valence-corrected chi connectivity index (χ4v) is 2.57. The standard InChI is InChI=1S/C15H30N2O2/c1-13(16-11-7-2-3-8-12-18)15(19)17-14-9-5-4-6-10-14/h13-14,16,18H,2-12H2,1H3,(H,17,19). The van der Waals surface area contributed by atoms with Gasteiger partial charge in [0.1, 0.15) is 0 Å². The van der Waals surface area contributed by atoms with E-state index in [0.29, 0.717) is 6.04 Å². The van der Waals surface area contributed by atoms with Gasteiger partial charge >= 0.3 is 0 Å². The van der Waals surface area contributed by atoms with Crippen molar-refractivity contribution in [1.29, 1.82) is 0 Å². The number of aliphatic hydroxyl groups excluding tert-OH is 1. The van der Waals surface area contributed by atoms with Crippen molar-refractivity contribution in [2.75, 3.05) is 13.2 Å². The molecule has 1 unspecified atom stereocenters. The zero-order chi connectivity index (χ0) is 13.9. The summed E-state index contributed by atoms with van der Waals surface area (Å²) in [4.78, 5) is 12.0. The molecule has 1 saturated carbocycles. The lowest BCUT2D eigenvalue weighted by atomic mass is 9.95. The average molecular weight is 270 g/mol. The van der Waals surface area contributed by atoms with Crippen molar-refractivity contribution in [1.82, 2.24) is 10.6 Å². The maximum absolute atomic E-state index is 12.0. The molecule has 0 saturated heterocycles. The van der Waals surface area contributed by atoms with Crippen LogP contribution in [-0.2, 0) is 4.79 Å². The number of unbranched alkanes of at least 4 members (excludes halogenated alkanes) is 3. The van der Waals surface area contributed by atoms with Gasteiger partial charge in [0.2, 0.25) is 5.91 Å². The van der Waals surface area contributed by atoms with Crippen LogP contribution in [0, 0.1) is 0 Å². The molecule has 0 aromatic carbocycles. The van der Waals surface area contributed by atoms with Crippen LogP contribution in [0.25, 0.3) is 0 Å². The Morgan fingerprint density at radius 3 is 2.53 bits per heavy atom. The molecule has 0 radical (unpaired) electrons. The highest BCUT2D eigenvalue weighted by Gasteiger charge is 2.18. The molecule has 3 N–H and O–H groups in total. The van der Waals surface area contributed by atoms with E-state index in [1.807, 2.05) is 6.92 Å². The second-order valence-electron chi connectivity index (χ2n) is 5.66. The van der Waals surface area contributed by atoms with Gasteiger partial charge in [-0.15, -0.1) is 0 Å². The summed E-state index contributed by atoms with van der Waals surface area (Å²) in [5.41, 5.74) is 0. The number of hydrogen-bond donors (Lipinski definition) is 3. The molecule has 4 nitrogen and oxygen atoms in total. The normalized spacial score (nSPS) is 18.2. The topological polar surface area (TPSA) is 61.4 Å². The van der Waals surface area contributed by atoms with E-state index in [1.54, 1.807) is 0 Å². The lowest BCUT2D eigenvalue weighted by Crippen LogP contribution is -2.47. The molecular weight excluding hydrogens is 240 g/mol. The minimum Gasteiger partial charge on any atom is -0.396 e. The van der Waals surface area contributed by atoms with Crippen LogP contribution in [0.15, 0.2) is 0 Å². The Hall–Kier alpha value is -0.610. The monoisotopic (exact) mass is 270 g/mol. The van der Waals surface area contributed by atoms with E-state index >= 15 is 0 Å². The van der Waals surface area contributed by atoms with Gasteiger partial charge in [0.05, 0.1) is 6.04 Å². The third-order valence-electron chi connectivity index (χ3n) is 3.88. The Bertz CT molecular complexity index is 240. The van der Waals surface area contributed by atoms with E-state index in [2.05, 4.69) is 10.6 Å². The summed E-state index contributed by atoms with van der Waals surface area (Å²) >= 11 is 0. The van der Waals surface area contributed by atoms with E-state index in [0.717, 1.165) is 45.1 Å². The van der Waals surface area contributed by atoms with Crippen LogP contribution in [0.4, 0.5) is 0 Å². The number of carbonyl (C=O) groups is 1. The molecule has 0 aromatic heterocycles. The molecule has 1 fully saturated rings. The smallest absolute Gasteiger partial charge is 0.237 e. The molecule has 1 amide bonds. The highest BCUT2D eigenvalue weighted by molar-refractivity contribution is 5.81. The van der Waals surface area contributed by atoms with Gasteiger partial charge in [-0.25, -0.2) is 0 Å². The van der Waals surface area contributed by atoms with Crippen LogP contribution >= 0.6 is 0 Å². The quantitative estimate of drug-likeness (QED) is 0.561. The lowest BCUT2D eigenvalue weighted by Gasteiger charge is -2.24. The molecule has 0 aliphatic heterocycles. The summed E-state index contributed by atoms with van der Waals surface area (Å²) in [6.45, 7) is 3.10. The Morgan fingerprint density at radius 2 is 1.84 bits per heavy atom. The second kappa shape index (κ2) is 10.2. The van der Waals surface area contributed by atoms with Crippen LogP contribution < -0.4 is 10.6 Å². The molecule has 0 spiro atoms. The van der Waals surface area contributed by atoms with Gasteiger partial charge in [-0.05, 0) is 39.2 Å². The zero-order valence-electron chi connectivity index (χ0n) is 12.3. The summed E-state index contributed by atoms with van der Waals surface area (Å²) < 4.78 is 0. The number of hydrogen-bond acceptors (Lipinski definition) is 3. The molecule has 112 valence electrons. The first-order valence-electron chi connectivity index (χ1n) is 7.88. The van der Waals surface area contributed by atoms with Crippen LogP contribution in [0.3, 0.4) is 0 Å². The molecule has 4 heteroatoms. The Kier molecular flexibility index (Phi) is 8.84. The fraction of sp³-hybridized carbons (Fsp3) is 0.933. The first-order valence-corrected chi connectivity index (χ1v) is 7.88. The number of amides is 1. The predicted octanol–water partition coefficient (Wildman–Crippen LogP) is 1.97. The summed E-state index contributed by atoms with van der Waals surface area (Å²) in [6, 6.07) is 0.301. The van der Waals surface area contributed by atoms with Gasteiger partial charge < -0.3 is 15.7 Å². The maximum atomic E-state index is 12.0. The molecule has 0 bridgehead atoms. The third-order valence-corrected chi connectivity index (χ3v) is 3.88. The van der Waals surface area contributed by atoms with Gasteiger partial charge in [0.15, 0.2) is 0 Å². The summed E-state index contributed by atoms with van der Waals surface area (Å²) in [5, 5.41) is 15.1. The summed E-state index contributed by atoms with van der Waals surface area (Å²) in [7, 11) is 0. The number of rotatable bonds is 9. The highest BCUT2D eigenvalue weighted by Crippen LogP contribution is 2.17. The number of carbonyl (C=O) groups excluding carboxylic acids is 1. The molecule has 0 heterocycles. The van der Waals surface area contributed by atoms with Crippen molar-refractivity contribution >= 4 is 5.91 Å². The molecule has 19 heavy (non-hydrogen) atoms. The molecule has 1 atom stereocenters. The third kappa shape index (κ3) is 7.53. The molecular formula is C15H30N2O2. The first kappa shape index (κ1) is 16.4. The van der Waals surface area contributed by atoms with Crippen molar-refractivity contribution in [3.8, 4) is 0 Å². The Balaban J connectivity index is 2.04. The van der Waals surface area contributed by atoms with Crippen molar-refractivity contribution in [3.05, 3.63) is 0 Å². The number of nitrogens with one attached hydrogen (secondary N) is 2. The van der Waals surface area contributed by atoms with Gasteiger partial charge in [-0.3, -0.25) is 4.79 Å². The van der Waals surface area contributed by atoms with Crippen molar-refractivity contribution in [2.45, 2.75) is 76.8 Å². The largest absolute Gasteiger partial charge is 0.396 e. The van der Waals surface area contributed by atoms with E-state index in [1.165, 1.54) is 19.3 Å². The predicted molar refractivity (Wildman–Crippen MR) is 78.0 cm³/mol. The van der Waals surface area contributed by atoms with Crippen LogP contribution in [0.2, 0.25) is 0 Å². The van der Waals surface area contributed by atoms with Crippen LogP contribution in [0.5, 0.6) is 0 Å². The van der Waals surface area contributed by atoms with Gasteiger partial charge in [0, 0.05) is 12.6 Å². The minimum atomic E-state index is -0.0974.